The lowest BCUT2D eigenvalue weighted by atomic mass is 9.91. The second-order valence-corrected chi connectivity index (χ2v) is 6.96. The smallest absolute Gasteiger partial charge is 0.185 e. The van der Waals surface area contributed by atoms with Crippen LogP contribution < -0.4 is 4.90 Å². The maximum atomic E-state index is 9.51. The second-order valence-electron chi connectivity index (χ2n) is 5.89. The van der Waals surface area contributed by atoms with Crippen LogP contribution in [0, 0.1) is 0 Å². The van der Waals surface area contributed by atoms with Crippen LogP contribution in [0.1, 0.15) is 36.9 Å². The van der Waals surface area contributed by atoms with Crippen LogP contribution >= 0.6 is 11.3 Å². The first-order chi connectivity index (χ1) is 9.41. The predicted molar refractivity (Wildman–Crippen MR) is 83.1 cm³/mol. The molecule has 0 aliphatic rings. The van der Waals surface area contributed by atoms with Gasteiger partial charge in [0.25, 0.3) is 0 Å². The molecule has 0 aliphatic carbocycles. The lowest BCUT2D eigenvalue weighted by Crippen LogP contribution is -2.18. The quantitative estimate of drug-likeness (QED) is 0.941. The molecule has 20 heavy (non-hydrogen) atoms. The number of thiazole rings is 1. The van der Waals surface area contributed by atoms with Crippen LogP contribution in [0.4, 0.5) is 5.13 Å². The molecular weight excluding hydrogens is 270 g/mol. The van der Waals surface area contributed by atoms with Crippen LogP contribution in [0.5, 0.6) is 0 Å². The van der Waals surface area contributed by atoms with Crippen molar-refractivity contribution in [1.29, 1.82) is 0 Å². The van der Waals surface area contributed by atoms with Crippen molar-refractivity contribution < 1.29 is 5.11 Å². The Morgan fingerprint density at radius 1 is 1.35 bits per heavy atom. The van der Waals surface area contributed by atoms with E-state index in [0.717, 1.165) is 27.8 Å². The fourth-order valence-electron chi connectivity index (χ4n) is 2.03. The Bertz CT molecular complexity index is 560. The summed E-state index contributed by atoms with van der Waals surface area (Å²) < 4.78 is 0. The largest absolute Gasteiger partial charge is 0.391 e. The minimum absolute atomic E-state index is 0.0466. The van der Waals surface area contributed by atoms with E-state index in [-0.39, 0.29) is 12.0 Å². The summed E-state index contributed by atoms with van der Waals surface area (Å²) in [4.78, 5) is 11.9. The van der Waals surface area contributed by atoms with Crippen molar-refractivity contribution in [1.82, 2.24) is 9.97 Å². The van der Waals surface area contributed by atoms with E-state index < -0.39 is 0 Å². The van der Waals surface area contributed by atoms with Gasteiger partial charge in [-0.3, -0.25) is 4.98 Å². The van der Waals surface area contributed by atoms with Gasteiger partial charge >= 0.3 is 0 Å². The maximum Gasteiger partial charge on any atom is 0.185 e. The second kappa shape index (κ2) is 5.89. The van der Waals surface area contributed by atoms with Gasteiger partial charge < -0.3 is 10.0 Å². The number of pyridine rings is 1. The molecule has 2 heterocycles. The average molecular weight is 291 g/mol. The molecule has 4 nitrogen and oxygen atoms in total. The number of hydrogen-bond acceptors (Lipinski definition) is 5. The molecule has 5 heteroatoms. The highest BCUT2D eigenvalue weighted by molar-refractivity contribution is 7.15. The summed E-state index contributed by atoms with van der Waals surface area (Å²) in [5.74, 6) is 0. The average Bonchev–Trinajstić information content (AvgIpc) is 2.84. The van der Waals surface area contributed by atoms with E-state index in [0.29, 0.717) is 0 Å². The lowest BCUT2D eigenvalue weighted by Gasteiger charge is -2.18. The van der Waals surface area contributed by atoms with Gasteiger partial charge in [-0.15, -0.1) is 0 Å². The zero-order valence-corrected chi connectivity index (χ0v) is 13.2. The number of nitrogens with zero attached hydrogens (tertiary/aromatic N) is 3. The lowest BCUT2D eigenvalue weighted by molar-refractivity contribution is 0.282. The van der Waals surface area contributed by atoms with E-state index in [1.54, 1.807) is 17.5 Å². The number of anilines is 1. The Labute approximate surface area is 124 Å². The number of aliphatic hydroxyl groups is 1. The third-order valence-corrected chi connectivity index (χ3v) is 4.16. The molecule has 2 aromatic rings. The number of hydrogen-bond donors (Lipinski definition) is 1. The molecule has 2 rings (SSSR count). The maximum absolute atomic E-state index is 9.51. The van der Waals surface area contributed by atoms with Crippen LogP contribution in [0.2, 0.25) is 0 Å². The summed E-state index contributed by atoms with van der Waals surface area (Å²) in [6, 6.07) is 3.99. The fraction of sp³-hybridized carbons (Fsp3) is 0.467. The summed E-state index contributed by atoms with van der Waals surface area (Å²) in [5, 5.41) is 10.4. The Kier molecular flexibility index (Phi) is 4.40. The van der Waals surface area contributed by atoms with Crippen molar-refractivity contribution in [2.75, 3.05) is 11.9 Å². The third kappa shape index (κ3) is 3.35. The molecule has 0 saturated carbocycles. The van der Waals surface area contributed by atoms with Crippen molar-refractivity contribution >= 4 is 16.5 Å². The highest BCUT2D eigenvalue weighted by atomic mass is 32.1. The molecule has 0 fully saturated rings. The van der Waals surface area contributed by atoms with E-state index in [4.69, 9.17) is 4.98 Å². The van der Waals surface area contributed by atoms with Crippen molar-refractivity contribution in [3.05, 3.63) is 40.7 Å². The topological polar surface area (TPSA) is 49.2 Å². The SMILES string of the molecule is CN(Cc1cccnc1)c1nc(C(C)(C)C)c(CO)s1. The van der Waals surface area contributed by atoms with Gasteiger partial charge in [0.15, 0.2) is 5.13 Å². The molecule has 0 saturated heterocycles. The third-order valence-electron chi connectivity index (χ3n) is 3.01. The summed E-state index contributed by atoms with van der Waals surface area (Å²) in [6.07, 6.45) is 3.64. The monoisotopic (exact) mass is 291 g/mol. The molecular formula is C15H21N3OS. The van der Waals surface area contributed by atoms with E-state index in [9.17, 15) is 5.11 Å². The van der Waals surface area contributed by atoms with Gasteiger partial charge in [-0.25, -0.2) is 4.98 Å². The van der Waals surface area contributed by atoms with Crippen molar-refractivity contribution in [2.45, 2.75) is 39.3 Å². The molecule has 1 N–H and O–H groups in total. The van der Waals surface area contributed by atoms with E-state index in [2.05, 4.69) is 36.7 Å². The number of aromatic nitrogens is 2. The standard InChI is InChI=1S/C15H21N3OS/c1-15(2,3)13-12(10-19)20-14(17-13)18(4)9-11-6-5-7-16-8-11/h5-8,19H,9-10H2,1-4H3. The Morgan fingerprint density at radius 3 is 2.60 bits per heavy atom. The Hall–Kier alpha value is -1.46. The minimum atomic E-state index is -0.0536. The van der Waals surface area contributed by atoms with Crippen molar-refractivity contribution in [3.8, 4) is 0 Å². The predicted octanol–water partition coefficient (Wildman–Crippen LogP) is 2.96. The molecule has 0 unspecified atom stereocenters. The Morgan fingerprint density at radius 2 is 2.10 bits per heavy atom. The summed E-state index contributed by atoms with van der Waals surface area (Å²) in [6.45, 7) is 7.16. The summed E-state index contributed by atoms with van der Waals surface area (Å²) in [7, 11) is 2.01. The fourth-order valence-corrected chi connectivity index (χ4v) is 3.12. The van der Waals surface area contributed by atoms with E-state index in [1.165, 1.54) is 0 Å². The van der Waals surface area contributed by atoms with Crippen LogP contribution in [0.25, 0.3) is 0 Å². The van der Waals surface area contributed by atoms with Gasteiger partial charge in [0.05, 0.1) is 17.2 Å². The van der Waals surface area contributed by atoms with Gasteiger partial charge in [-0.05, 0) is 11.6 Å². The van der Waals surface area contributed by atoms with Gasteiger partial charge in [-0.2, -0.15) is 0 Å². The molecule has 2 aromatic heterocycles. The highest BCUT2D eigenvalue weighted by Gasteiger charge is 2.23. The van der Waals surface area contributed by atoms with Crippen LogP contribution in [-0.2, 0) is 18.6 Å². The minimum Gasteiger partial charge on any atom is -0.391 e. The van der Waals surface area contributed by atoms with Gasteiger partial charge in [-0.1, -0.05) is 38.2 Å². The van der Waals surface area contributed by atoms with E-state index >= 15 is 0 Å². The van der Waals surface area contributed by atoms with Crippen LogP contribution in [0.15, 0.2) is 24.5 Å². The molecule has 0 radical (unpaired) electrons. The molecule has 108 valence electrons. The number of aliphatic hydroxyl groups excluding tert-OH is 1. The Balaban J connectivity index is 2.23. The zero-order chi connectivity index (χ0) is 14.8. The molecule has 0 atom stereocenters. The van der Waals surface area contributed by atoms with Crippen molar-refractivity contribution in [2.24, 2.45) is 0 Å². The first kappa shape index (κ1) is 14.9. The first-order valence-corrected chi connectivity index (χ1v) is 7.44. The van der Waals surface area contributed by atoms with Gasteiger partial charge in [0.2, 0.25) is 0 Å². The summed E-state index contributed by atoms with van der Waals surface area (Å²) >= 11 is 1.56. The molecule has 0 aromatic carbocycles. The molecule has 0 bridgehead atoms. The molecule has 0 spiro atoms. The van der Waals surface area contributed by atoms with Crippen LogP contribution in [-0.4, -0.2) is 22.1 Å². The van der Waals surface area contributed by atoms with Gasteiger partial charge in [0.1, 0.15) is 0 Å². The van der Waals surface area contributed by atoms with Crippen molar-refractivity contribution in [3.63, 3.8) is 0 Å². The van der Waals surface area contributed by atoms with Gasteiger partial charge in [0, 0.05) is 31.4 Å². The summed E-state index contributed by atoms with van der Waals surface area (Å²) in [5.41, 5.74) is 2.08. The molecule has 0 aliphatic heterocycles. The van der Waals surface area contributed by atoms with E-state index in [1.807, 2.05) is 19.3 Å². The zero-order valence-electron chi connectivity index (χ0n) is 12.4. The molecule has 0 amide bonds. The highest BCUT2D eigenvalue weighted by Crippen LogP contribution is 2.33. The van der Waals surface area contributed by atoms with Crippen LogP contribution in [0.3, 0.4) is 0 Å². The number of rotatable bonds is 4. The first-order valence-electron chi connectivity index (χ1n) is 6.63. The normalized spacial score (nSPS) is 11.7.